The fraction of sp³-hybridized carbons (Fsp3) is 1.00. The van der Waals surface area contributed by atoms with Gasteiger partial charge in [-0.3, -0.25) is 9.80 Å². The van der Waals surface area contributed by atoms with Crippen molar-refractivity contribution < 1.29 is 0 Å². The van der Waals surface area contributed by atoms with Gasteiger partial charge in [0, 0.05) is 25.8 Å². The molecule has 10 heavy (non-hydrogen) atoms. The topological polar surface area (TPSA) is 18.5 Å². The first-order chi connectivity index (χ1) is 4.90. The van der Waals surface area contributed by atoms with Crippen LogP contribution in [0.15, 0.2) is 0 Å². The average Bonchev–Trinajstić information content (AvgIpc) is 2.48. The Kier molecular flexibility index (Phi) is 1.64. The molecule has 0 aromatic heterocycles. The molecular weight excluding hydrogens is 126 g/mol. The molecule has 0 aliphatic carbocycles. The van der Waals surface area contributed by atoms with Crippen LogP contribution in [0.5, 0.6) is 0 Å². The summed E-state index contributed by atoms with van der Waals surface area (Å²) < 4.78 is 0. The van der Waals surface area contributed by atoms with Gasteiger partial charge in [-0.2, -0.15) is 0 Å². The summed E-state index contributed by atoms with van der Waals surface area (Å²) in [5, 5.41) is 3.19. The fourth-order valence-electron chi connectivity index (χ4n) is 1.99. The summed E-state index contributed by atoms with van der Waals surface area (Å²) in [5.74, 6) is 0. The van der Waals surface area contributed by atoms with Crippen molar-refractivity contribution in [1.82, 2.24) is 15.1 Å². The molecule has 58 valence electrons. The smallest absolute Gasteiger partial charge is 0.0522 e. The Bertz CT molecular complexity index is 126. The normalized spacial score (nSPS) is 39.3. The maximum Gasteiger partial charge on any atom is 0.0522 e. The lowest BCUT2D eigenvalue weighted by atomic mass is 10.2. The van der Waals surface area contributed by atoms with Crippen LogP contribution >= 0.6 is 0 Å². The van der Waals surface area contributed by atoms with E-state index < -0.39 is 0 Å². The van der Waals surface area contributed by atoms with Gasteiger partial charge in [-0.25, -0.2) is 0 Å². The lowest BCUT2D eigenvalue weighted by Crippen LogP contribution is -2.40. The minimum Gasteiger partial charge on any atom is -0.307 e. The molecule has 0 aromatic carbocycles. The molecule has 2 heterocycles. The van der Waals surface area contributed by atoms with Crippen molar-refractivity contribution >= 4 is 0 Å². The second kappa shape index (κ2) is 2.49. The van der Waals surface area contributed by atoms with E-state index >= 15 is 0 Å². The molecule has 2 rings (SSSR count). The van der Waals surface area contributed by atoms with Gasteiger partial charge in [0.25, 0.3) is 0 Å². The third-order valence-corrected chi connectivity index (χ3v) is 2.51. The van der Waals surface area contributed by atoms with Crippen molar-refractivity contribution in [3.8, 4) is 0 Å². The van der Waals surface area contributed by atoms with Crippen LogP contribution in [0.2, 0.25) is 0 Å². The lowest BCUT2D eigenvalue weighted by Gasteiger charge is -2.25. The van der Waals surface area contributed by atoms with Crippen LogP contribution in [-0.2, 0) is 0 Å². The van der Waals surface area contributed by atoms with Crippen LogP contribution in [0.3, 0.4) is 0 Å². The number of fused-ring (bicyclic) bond motifs is 2. The lowest BCUT2D eigenvalue weighted by molar-refractivity contribution is 0.167. The van der Waals surface area contributed by atoms with Crippen LogP contribution < -0.4 is 5.32 Å². The van der Waals surface area contributed by atoms with Crippen molar-refractivity contribution in [3.05, 3.63) is 0 Å². The van der Waals surface area contributed by atoms with Gasteiger partial charge in [0.05, 0.1) is 6.67 Å². The number of nitrogens with zero attached hydrogens (tertiary/aromatic N) is 2. The highest BCUT2D eigenvalue weighted by Gasteiger charge is 2.34. The maximum absolute atomic E-state index is 3.19. The Morgan fingerprint density at radius 3 is 3.00 bits per heavy atom. The molecule has 2 atom stereocenters. The second-order valence-corrected chi connectivity index (χ2v) is 3.26. The molecule has 3 nitrogen and oxygen atoms in total. The molecular formula is C7H15N3. The zero-order valence-electron chi connectivity index (χ0n) is 6.51. The van der Waals surface area contributed by atoms with E-state index in [4.69, 9.17) is 0 Å². The summed E-state index contributed by atoms with van der Waals surface area (Å²) in [6.07, 6.45) is 1.38. The molecule has 2 unspecified atom stereocenters. The van der Waals surface area contributed by atoms with E-state index in [0.29, 0.717) is 0 Å². The molecule has 0 aromatic rings. The first-order valence-electron chi connectivity index (χ1n) is 4.01. The van der Waals surface area contributed by atoms with Crippen molar-refractivity contribution in [1.29, 1.82) is 0 Å². The van der Waals surface area contributed by atoms with Gasteiger partial charge in [-0.1, -0.05) is 0 Å². The molecule has 3 heteroatoms. The standard InChI is InChI=1S/C7H15N3/c1-8-5-10-6-9-3-2-7(10)4-9/h7-8H,2-6H2,1H3. The number of hydrogen-bond donors (Lipinski definition) is 1. The van der Waals surface area contributed by atoms with E-state index in [1.807, 2.05) is 7.05 Å². The summed E-state index contributed by atoms with van der Waals surface area (Å²) in [6, 6.07) is 0.854. The SMILES string of the molecule is CNCN1CN2CCC1C2. The summed E-state index contributed by atoms with van der Waals surface area (Å²) in [7, 11) is 2.02. The average molecular weight is 141 g/mol. The Morgan fingerprint density at radius 1 is 1.60 bits per heavy atom. The number of hydrogen-bond acceptors (Lipinski definition) is 3. The summed E-state index contributed by atoms with van der Waals surface area (Å²) in [6.45, 7) is 4.87. The summed E-state index contributed by atoms with van der Waals surface area (Å²) in [4.78, 5) is 5.02. The maximum atomic E-state index is 3.19. The fourth-order valence-corrected chi connectivity index (χ4v) is 1.99. The molecule has 0 radical (unpaired) electrons. The third kappa shape index (κ3) is 0.944. The molecule has 1 N–H and O–H groups in total. The van der Waals surface area contributed by atoms with Crippen LogP contribution in [0.1, 0.15) is 6.42 Å². The molecule has 2 bridgehead atoms. The molecule has 2 aliphatic rings. The highest BCUT2D eigenvalue weighted by Crippen LogP contribution is 2.22. The Balaban J connectivity index is 1.90. The van der Waals surface area contributed by atoms with Crippen LogP contribution in [0.4, 0.5) is 0 Å². The van der Waals surface area contributed by atoms with E-state index in [9.17, 15) is 0 Å². The van der Waals surface area contributed by atoms with Gasteiger partial charge in [0.15, 0.2) is 0 Å². The van der Waals surface area contributed by atoms with Crippen molar-refractivity contribution in [2.75, 3.05) is 33.5 Å². The Morgan fingerprint density at radius 2 is 2.50 bits per heavy atom. The minimum atomic E-state index is 0.854. The highest BCUT2D eigenvalue weighted by atomic mass is 15.4. The molecule has 2 fully saturated rings. The first-order valence-corrected chi connectivity index (χ1v) is 4.01. The van der Waals surface area contributed by atoms with Crippen molar-refractivity contribution in [2.45, 2.75) is 12.5 Å². The van der Waals surface area contributed by atoms with Crippen LogP contribution in [0.25, 0.3) is 0 Å². The van der Waals surface area contributed by atoms with Gasteiger partial charge in [0.2, 0.25) is 0 Å². The minimum absolute atomic E-state index is 0.854. The second-order valence-electron chi connectivity index (χ2n) is 3.26. The largest absolute Gasteiger partial charge is 0.307 e. The highest BCUT2D eigenvalue weighted by molar-refractivity contribution is 4.89. The van der Waals surface area contributed by atoms with Crippen LogP contribution in [-0.4, -0.2) is 49.3 Å². The monoisotopic (exact) mass is 141 g/mol. The van der Waals surface area contributed by atoms with Gasteiger partial charge in [-0.05, 0) is 13.5 Å². The number of rotatable bonds is 2. The van der Waals surface area contributed by atoms with Gasteiger partial charge < -0.3 is 5.32 Å². The zero-order valence-corrected chi connectivity index (χ0v) is 6.51. The predicted octanol–water partition coefficient (Wildman–Crippen LogP) is -0.489. The van der Waals surface area contributed by atoms with Gasteiger partial charge in [-0.15, -0.1) is 0 Å². The zero-order chi connectivity index (χ0) is 6.97. The molecule has 0 spiro atoms. The molecule has 0 amide bonds. The Hall–Kier alpha value is -0.120. The van der Waals surface area contributed by atoms with E-state index in [0.717, 1.165) is 12.7 Å². The summed E-state index contributed by atoms with van der Waals surface area (Å²) >= 11 is 0. The molecule has 2 aliphatic heterocycles. The predicted molar refractivity (Wildman–Crippen MR) is 40.6 cm³/mol. The Labute approximate surface area is 62.0 Å². The van der Waals surface area contributed by atoms with Gasteiger partial charge >= 0.3 is 0 Å². The third-order valence-electron chi connectivity index (χ3n) is 2.51. The molecule has 2 saturated heterocycles. The first kappa shape index (κ1) is 6.58. The van der Waals surface area contributed by atoms with Gasteiger partial charge in [0.1, 0.15) is 0 Å². The van der Waals surface area contributed by atoms with Crippen LogP contribution in [0, 0.1) is 0 Å². The number of nitrogens with one attached hydrogen (secondary N) is 1. The summed E-state index contributed by atoms with van der Waals surface area (Å²) in [5.41, 5.74) is 0. The van der Waals surface area contributed by atoms with E-state index in [1.165, 1.54) is 26.2 Å². The van der Waals surface area contributed by atoms with E-state index in [2.05, 4.69) is 15.1 Å². The van der Waals surface area contributed by atoms with Crippen molar-refractivity contribution in [3.63, 3.8) is 0 Å². The quantitative estimate of drug-likeness (QED) is 0.560. The van der Waals surface area contributed by atoms with Crippen molar-refractivity contribution in [2.24, 2.45) is 0 Å². The van der Waals surface area contributed by atoms with E-state index in [1.54, 1.807) is 0 Å². The molecule has 0 saturated carbocycles. The van der Waals surface area contributed by atoms with E-state index in [-0.39, 0.29) is 0 Å².